The quantitative estimate of drug-likeness (QED) is 0.124. The molecule has 0 aromatic carbocycles. The molecule has 5 nitrogen and oxygen atoms in total. The predicted molar refractivity (Wildman–Crippen MR) is 181 cm³/mol. The molecular weight excluding hydrogens is 530 g/mol. The number of esters is 1. The smallest absolute Gasteiger partial charge is 0.302 e. The van der Waals surface area contributed by atoms with Crippen molar-refractivity contribution in [2.45, 2.75) is 151 Å². The van der Waals surface area contributed by atoms with Crippen LogP contribution >= 0.6 is 0 Å². The Labute approximate surface area is 266 Å². The van der Waals surface area contributed by atoms with Crippen LogP contribution in [-0.2, 0) is 9.53 Å². The summed E-state index contributed by atoms with van der Waals surface area (Å²) in [4.78, 5) is 11.9. The van der Waals surface area contributed by atoms with E-state index < -0.39 is 0 Å². The number of fused-ring (bicyclic) bond motifs is 5. The Bertz CT molecular complexity index is 864. The number of carbonyl (C=O) groups excluding carboxylic acids is 1. The molecule has 0 saturated heterocycles. The summed E-state index contributed by atoms with van der Waals surface area (Å²) in [6, 6.07) is 0.539. The average molecular weight is 602 g/mol. The van der Waals surface area contributed by atoms with E-state index in [2.05, 4.69) is 52.2 Å². The van der Waals surface area contributed by atoms with Crippen LogP contribution in [0.15, 0.2) is 0 Å². The summed E-state index contributed by atoms with van der Waals surface area (Å²) in [5.41, 5.74) is 6.52. The Morgan fingerprint density at radius 1 is 0.884 bits per heavy atom. The highest BCUT2D eigenvalue weighted by Crippen LogP contribution is 2.68. The maximum atomic E-state index is 11.9. The van der Waals surface area contributed by atoms with Crippen molar-refractivity contribution < 1.29 is 9.53 Å². The first-order valence-corrected chi connectivity index (χ1v) is 18.9. The van der Waals surface area contributed by atoms with E-state index in [0.717, 1.165) is 86.9 Å². The Morgan fingerprint density at radius 2 is 1.60 bits per heavy atom. The van der Waals surface area contributed by atoms with E-state index in [-0.39, 0.29) is 12.1 Å². The first kappa shape index (κ1) is 35.2. The summed E-state index contributed by atoms with van der Waals surface area (Å²) in [5.74, 6) is 6.47. The summed E-state index contributed by atoms with van der Waals surface area (Å²) in [6.45, 7) is 20.8. The van der Waals surface area contributed by atoms with Gasteiger partial charge in [-0.25, -0.2) is 0 Å². The summed E-state index contributed by atoms with van der Waals surface area (Å²) < 4.78 is 5.86. The first-order valence-electron chi connectivity index (χ1n) is 18.9. The molecule has 0 bridgehead atoms. The molecule has 4 aliphatic carbocycles. The highest BCUT2D eigenvalue weighted by molar-refractivity contribution is 5.66. The first-order chi connectivity index (χ1) is 20.5. The van der Waals surface area contributed by atoms with Gasteiger partial charge >= 0.3 is 5.97 Å². The SMILES string of the molecule is CCC(CC[C@@H](C)[C@H]1CC[C@H]2[C@@H]3C[C@@H](NCCCNCCCCN)[C@H]4C[C@@H](OC(C)=O)CC[C@]4(C)[C@H]3CC[C@]12C)C(C)C. The highest BCUT2D eigenvalue weighted by atomic mass is 16.5. The van der Waals surface area contributed by atoms with Crippen molar-refractivity contribution in [2.24, 2.45) is 63.9 Å². The van der Waals surface area contributed by atoms with Crippen LogP contribution < -0.4 is 16.4 Å². The van der Waals surface area contributed by atoms with Gasteiger partial charge in [0.05, 0.1) is 0 Å². The maximum absolute atomic E-state index is 11.9. The van der Waals surface area contributed by atoms with Crippen molar-refractivity contribution in [2.75, 3.05) is 26.2 Å². The third-order valence-corrected chi connectivity index (χ3v) is 14.0. The fourth-order valence-electron chi connectivity index (χ4n) is 11.6. The van der Waals surface area contributed by atoms with Crippen molar-refractivity contribution >= 4 is 5.97 Å². The normalized spacial score (nSPS) is 38.7. The number of nitrogens with two attached hydrogens (primary N) is 1. The lowest BCUT2D eigenvalue weighted by Crippen LogP contribution is -2.61. The van der Waals surface area contributed by atoms with Gasteiger partial charge in [-0.1, -0.05) is 54.4 Å². The molecule has 250 valence electrons. The molecule has 0 radical (unpaired) electrons. The van der Waals surface area contributed by atoms with Crippen LogP contribution in [0, 0.1) is 58.2 Å². The molecule has 0 amide bonds. The average Bonchev–Trinajstić information content (AvgIpc) is 3.32. The Kier molecular flexibility index (Phi) is 12.9. The minimum Gasteiger partial charge on any atom is -0.463 e. The van der Waals surface area contributed by atoms with Crippen molar-refractivity contribution in [3.8, 4) is 0 Å². The van der Waals surface area contributed by atoms with E-state index >= 15 is 0 Å². The molecule has 4 fully saturated rings. The number of rotatable bonds is 16. The lowest BCUT2D eigenvalue weighted by atomic mass is 9.43. The van der Waals surface area contributed by atoms with E-state index in [9.17, 15) is 4.79 Å². The van der Waals surface area contributed by atoms with Gasteiger partial charge in [0.15, 0.2) is 0 Å². The minimum atomic E-state index is -0.106. The van der Waals surface area contributed by atoms with Gasteiger partial charge in [0, 0.05) is 13.0 Å². The van der Waals surface area contributed by atoms with Crippen molar-refractivity contribution in [1.29, 1.82) is 0 Å². The van der Waals surface area contributed by atoms with E-state index in [1.807, 2.05) is 0 Å². The number of ether oxygens (including phenoxy) is 1. The van der Waals surface area contributed by atoms with E-state index in [1.165, 1.54) is 70.6 Å². The molecule has 43 heavy (non-hydrogen) atoms. The van der Waals surface area contributed by atoms with Gasteiger partial charge in [-0.2, -0.15) is 0 Å². The monoisotopic (exact) mass is 602 g/mol. The topological polar surface area (TPSA) is 76.4 Å². The number of hydrogen-bond acceptors (Lipinski definition) is 5. The summed E-state index contributed by atoms with van der Waals surface area (Å²) >= 11 is 0. The second kappa shape index (κ2) is 15.8. The van der Waals surface area contributed by atoms with Gasteiger partial charge < -0.3 is 21.1 Å². The number of nitrogens with one attached hydrogen (secondary N) is 2. The second-order valence-electron chi connectivity index (χ2n) is 16.6. The van der Waals surface area contributed by atoms with Crippen LogP contribution in [0.2, 0.25) is 0 Å². The van der Waals surface area contributed by atoms with E-state index in [4.69, 9.17) is 10.5 Å². The molecule has 5 heteroatoms. The molecule has 11 atom stereocenters. The van der Waals surface area contributed by atoms with Crippen molar-refractivity contribution in [3.63, 3.8) is 0 Å². The van der Waals surface area contributed by atoms with Gasteiger partial charge in [0.2, 0.25) is 0 Å². The van der Waals surface area contributed by atoms with Crippen molar-refractivity contribution in [1.82, 2.24) is 10.6 Å². The van der Waals surface area contributed by atoms with Crippen LogP contribution in [0.25, 0.3) is 0 Å². The van der Waals surface area contributed by atoms with Gasteiger partial charge in [0.1, 0.15) is 6.10 Å². The number of unbranched alkanes of at least 4 members (excludes halogenated alkanes) is 1. The lowest BCUT2D eigenvalue weighted by molar-refractivity contribution is -0.164. The summed E-state index contributed by atoms with van der Waals surface area (Å²) in [5, 5.41) is 7.75. The molecule has 1 unspecified atom stereocenters. The Morgan fingerprint density at radius 3 is 2.30 bits per heavy atom. The molecule has 4 rings (SSSR count). The van der Waals surface area contributed by atoms with Crippen LogP contribution in [0.5, 0.6) is 0 Å². The molecule has 0 aromatic heterocycles. The van der Waals surface area contributed by atoms with Gasteiger partial charge in [0.25, 0.3) is 0 Å². The zero-order valence-electron chi connectivity index (χ0n) is 29.4. The van der Waals surface area contributed by atoms with Crippen LogP contribution in [0.4, 0.5) is 0 Å². The third-order valence-electron chi connectivity index (χ3n) is 14.0. The third kappa shape index (κ3) is 8.02. The van der Waals surface area contributed by atoms with Gasteiger partial charge in [-0.15, -0.1) is 0 Å². The lowest BCUT2D eigenvalue weighted by Gasteiger charge is -2.63. The van der Waals surface area contributed by atoms with Gasteiger partial charge in [-0.05, 0) is 161 Å². The molecule has 0 aromatic rings. The summed E-state index contributed by atoms with van der Waals surface area (Å²) in [6.07, 6.45) is 18.1. The van der Waals surface area contributed by atoms with Crippen molar-refractivity contribution in [3.05, 3.63) is 0 Å². The number of carbonyl (C=O) groups is 1. The zero-order chi connectivity index (χ0) is 31.2. The molecule has 0 spiro atoms. The number of hydrogen-bond donors (Lipinski definition) is 3. The van der Waals surface area contributed by atoms with E-state index in [0.29, 0.717) is 22.8 Å². The zero-order valence-corrected chi connectivity index (χ0v) is 29.4. The Hall–Kier alpha value is -0.650. The standard InChI is InChI=1S/C38H71N3O2/c1-8-29(26(2)3)13-12-27(4)32-14-15-33-31-25-36(41-23-11-22-40-21-10-9-20-39)35-24-30(43-28(5)42)16-18-38(35,7)34(31)17-19-37(32,33)6/h26-27,29-36,40-41H,8-25,39H2,1-7H3/t27-,29?,30+,31+,32-,33+,34+,35-,36-,37-,38-/m1/s1. The van der Waals surface area contributed by atoms with Crippen LogP contribution in [0.1, 0.15) is 138 Å². The fourth-order valence-corrected chi connectivity index (χ4v) is 11.6. The molecule has 4 saturated carbocycles. The molecular formula is C38H71N3O2. The van der Waals surface area contributed by atoms with Crippen LogP contribution in [0.3, 0.4) is 0 Å². The molecule has 4 aliphatic rings. The summed E-state index contributed by atoms with van der Waals surface area (Å²) in [7, 11) is 0. The van der Waals surface area contributed by atoms with Gasteiger partial charge in [-0.3, -0.25) is 4.79 Å². The maximum Gasteiger partial charge on any atom is 0.302 e. The molecule has 0 heterocycles. The Balaban J connectivity index is 1.45. The van der Waals surface area contributed by atoms with Crippen LogP contribution in [-0.4, -0.2) is 44.3 Å². The predicted octanol–water partition coefficient (Wildman–Crippen LogP) is 7.96. The fraction of sp³-hybridized carbons (Fsp3) is 0.974. The van der Waals surface area contributed by atoms with E-state index in [1.54, 1.807) is 6.92 Å². The second-order valence-corrected chi connectivity index (χ2v) is 16.6. The molecule has 4 N–H and O–H groups in total. The minimum absolute atomic E-state index is 0.101. The highest BCUT2D eigenvalue weighted by Gasteiger charge is 2.62. The molecule has 0 aliphatic heterocycles. The largest absolute Gasteiger partial charge is 0.463 e.